The summed E-state index contributed by atoms with van der Waals surface area (Å²) in [6.45, 7) is 3.03. The molecule has 1 saturated carbocycles. The highest BCUT2D eigenvalue weighted by Crippen LogP contribution is 2.42. The SMILES string of the molecule is COC(C)CCC(NN)C1CCOC2(CCCCC2)C1. The summed E-state index contributed by atoms with van der Waals surface area (Å²) in [5, 5.41) is 0. The fourth-order valence-corrected chi connectivity index (χ4v) is 3.94. The minimum absolute atomic E-state index is 0.170. The average molecular weight is 284 g/mol. The molecule has 1 saturated heterocycles. The molecule has 1 spiro atoms. The second-order valence-corrected chi connectivity index (χ2v) is 6.74. The molecular weight excluding hydrogens is 252 g/mol. The van der Waals surface area contributed by atoms with E-state index in [2.05, 4.69) is 12.3 Å². The van der Waals surface area contributed by atoms with Gasteiger partial charge in [-0.1, -0.05) is 19.3 Å². The summed E-state index contributed by atoms with van der Waals surface area (Å²) < 4.78 is 11.5. The molecule has 1 heterocycles. The monoisotopic (exact) mass is 284 g/mol. The van der Waals surface area contributed by atoms with Gasteiger partial charge in [-0.15, -0.1) is 0 Å². The maximum Gasteiger partial charge on any atom is 0.0685 e. The molecule has 0 bridgehead atoms. The second-order valence-electron chi connectivity index (χ2n) is 6.74. The lowest BCUT2D eigenvalue weighted by Crippen LogP contribution is -2.49. The number of rotatable bonds is 6. The molecule has 2 fully saturated rings. The molecule has 118 valence electrons. The fraction of sp³-hybridized carbons (Fsp3) is 1.00. The maximum absolute atomic E-state index is 6.18. The minimum Gasteiger partial charge on any atom is -0.382 e. The molecule has 0 aromatic rings. The average Bonchev–Trinajstić information content (AvgIpc) is 2.48. The number of hydrazine groups is 1. The molecule has 2 aliphatic rings. The fourth-order valence-electron chi connectivity index (χ4n) is 3.94. The highest BCUT2D eigenvalue weighted by atomic mass is 16.5. The molecule has 0 aromatic heterocycles. The first-order chi connectivity index (χ1) is 9.69. The van der Waals surface area contributed by atoms with E-state index < -0.39 is 0 Å². The number of hydrogen-bond acceptors (Lipinski definition) is 4. The van der Waals surface area contributed by atoms with Gasteiger partial charge in [0.25, 0.3) is 0 Å². The molecule has 0 radical (unpaired) electrons. The van der Waals surface area contributed by atoms with Gasteiger partial charge in [0, 0.05) is 19.8 Å². The van der Waals surface area contributed by atoms with Crippen LogP contribution in [0.15, 0.2) is 0 Å². The van der Waals surface area contributed by atoms with E-state index in [0.29, 0.717) is 18.1 Å². The van der Waals surface area contributed by atoms with Crippen LogP contribution in [-0.2, 0) is 9.47 Å². The first kappa shape index (κ1) is 16.2. The number of methoxy groups -OCH3 is 1. The Morgan fingerprint density at radius 1 is 1.30 bits per heavy atom. The van der Waals surface area contributed by atoms with Crippen molar-refractivity contribution in [2.75, 3.05) is 13.7 Å². The van der Waals surface area contributed by atoms with Crippen LogP contribution in [0.3, 0.4) is 0 Å². The third-order valence-electron chi connectivity index (χ3n) is 5.37. The lowest BCUT2D eigenvalue weighted by molar-refractivity contribution is -0.122. The largest absolute Gasteiger partial charge is 0.382 e. The predicted molar refractivity (Wildman–Crippen MR) is 81.3 cm³/mol. The Kier molecular flexibility index (Phi) is 6.27. The van der Waals surface area contributed by atoms with Gasteiger partial charge in [0.1, 0.15) is 0 Å². The van der Waals surface area contributed by atoms with E-state index in [4.69, 9.17) is 15.3 Å². The summed E-state index contributed by atoms with van der Waals surface area (Å²) in [5.74, 6) is 6.47. The Bertz CT molecular complexity index is 274. The summed E-state index contributed by atoms with van der Waals surface area (Å²) in [7, 11) is 1.78. The van der Waals surface area contributed by atoms with Gasteiger partial charge in [0.15, 0.2) is 0 Å². The standard InChI is InChI=1S/C16H32N2O2/c1-13(19-2)6-7-15(18-17)14-8-11-20-16(12-14)9-4-3-5-10-16/h13-15,18H,3-12,17H2,1-2H3. The topological polar surface area (TPSA) is 56.5 Å². The summed E-state index contributed by atoms with van der Waals surface area (Å²) in [6, 6.07) is 0.398. The molecule has 3 atom stereocenters. The first-order valence-electron chi connectivity index (χ1n) is 8.32. The van der Waals surface area contributed by atoms with Crippen LogP contribution in [0.25, 0.3) is 0 Å². The smallest absolute Gasteiger partial charge is 0.0685 e. The van der Waals surface area contributed by atoms with Gasteiger partial charge in [0.2, 0.25) is 0 Å². The minimum atomic E-state index is 0.170. The van der Waals surface area contributed by atoms with E-state index in [1.807, 2.05) is 0 Å². The summed E-state index contributed by atoms with van der Waals surface area (Å²) in [5.41, 5.74) is 3.23. The van der Waals surface area contributed by atoms with E-state index >= 15 is 0 Å². The van der Waals surface area contributed by atoms with Crippen LogP contribution in [0, 0.1) is 5.92 Å². The molecule has 3 N–H and O–H groups in total. The molecule has 1 aliphatic heterocycles. The van der Waals surface area contributed by atoms with Crippen molar-refractivity contribution in [2.45, 2.75) is 82.5 Å². The van der Waals surface area contributed by atoms with Gasteiger partial charge in [-0.25, -0.2) is 0 Å². The molecule has 4 nitrogen and oxygen atoms in total. The second kappa shape index (κ2) is 7.74. The van der Waals surface area contributed by atoms with Crippen molar-refractivity contribution in [3.05, 3.63) is 0 Å². The van der Waals surface area contributed by atoms with Gasteiger partial charge in [-0.3, -0.25) is 11.3 Å². The van der Waals surface area contributed by atoms with Gasteiger partial charge < -0.3 is 9.47 Å². The zero-order valence-electron chi connectivity index (χ0n) is 13.2. The van der Waals surface area contributed by atoms with Crippen molar-refractivity contribution in [1.82, 2.24) is 5.43 Å². The molecule has 2 rings (SSSR count). The first-order valence-corrected chi connectivity index (χ1v) is 8.32. The van der Waals surface area contributed by atoms with Crippen LogP contribution in [-0.4, -0.2) is 31.5 Å². The van der Waals surface area contributed by atoms with Crippen molar-refractivity contribution in [3.8, 4) is 0 Å². The number of nitrogens with two attached hydrogens (primary N) is 1. The van der Waals surface area contributed by atoms with Crippen LogP contribution in [0.4, 0.5) is 0 Å². The number of ether oxygens (including phenoxy) is 2. The van der Waals surface area contributed by atoms with Crippen LogP contribution >= 0.6 is 0 Å². The van der Waals surface area contributed by atoms with Crippen molar-refractivity contribution in [2.24, 2.45) is 11.8 Å². The molecule has 4 heteroatoms. The quantitative estimate of drug-likeness (QED) is 0.582. The van der Waals surface area contributed by atoms with Crippen LogP contribution in [0.2, 0.25) is 0 Å². The van der Waals surface area contributed by atoms with Crippen molar-refractivity contribution in [3.63, 3.8) is 0 Å². The van der Waals surface area contributed by atoms with Crippen molar-refractivity contribution >= 4 is 0 Å². The highest BCUT2D eigenvalue weighted by molar-refractivity contribution is 4.92. The molecule has 1 aliphatic carbocycles. The van der Waals surface area contributed by atoms with E-state index in [1.54, 1.807) is 7.11 Å². The number of nitrogens with one attached hydrogen (secondary N) is 1. The van der Waals surface area contributed by atoms with Crippen molar-refractivity contribution in [1.29, 1.82) is 0 Å². The third-order valence-corrected chi connectivity index (χ3v) is 5.37. The lowest BCUT2D eigenvalue weighted by atomic mass is 9.73. The van der Waals surface area contributed by atoms with Crippen molar-refractivity contribution < 1.29 is 9.47 Å². The Morgan fingerprint density at radius 3 is 2.70 bits per heavy atom. The maximum atomic E-state index is 6.18. The van der Waals surface area contributed by atoms with E-state index in [-0.39, 0.29) is 5.60 Å². The molecular formula is C16H32N2O2. The molecule has 20 heavy (non-hydrogen) atoms. The van der Waals surface area contributed by atoms with Crippen LogP contribution in [0.5, 0.6) is 0 Å². The van der Waals surface area contributed by atoms with Gasteiger partial charge >= 0.3 is 0 Å². The predicted octanol–water partition coefficient (Wildman–Crippen LogP) is 2.76. The Balaban J connectivity index is 1.88. The van der Waals surface area contributed by atoms with Gasteiger partial charge in [-0.2, -0.15) is 0 Å². The molecule has 3 unspecified atom stereocenters. The zero-order valence-corrected chi connectivity index (χ0v) is 13.2. The lowest BCUT2D eigenvalue weighted by Gasteiger charge is -2.45. The van der Waals surface area contributed by atoms with Crippen LogP contribution in [0.1, 0.15) is 64.7 Å². The summed E-state index contributed by atoms with van der Waals surface area (Å²) in [4.78, 5) is 0. The zero-order chi connectivity index (χ0) is 14.4. The molecule has 0 aromatic carbocycles. The Labute approximate surface area is 123 Å². The van der Waals surface area contributed by atoms with Gasteiger partial charge in [-0.05, 0) is 51.4 Å². The summed E-state index contributed by atoms with van der Waals surface area (Å²) in [6.07, 6.45) is 11.3. The summed E-state index contributed by atoms with van der Waals surface area (Å²) >= 11 is 0. The Hall–Kier alpha value is -0.160. The Morgan fingerprint density at radius 2 is 2.05 bits per heavy atom. The van der Waals surface area contributed by atoms with E-state index in [0.717, 1.165) is 25.9 Å². The van der Waals surface area contributed by atoms with Crippen LogP contribution < -0.4 is 11.3 Å². The van der Waals surface area contributed by atoms with E-state index in [9.17, 15) is 0 Å². The highest BCUT2D eigenvalue weighted by Gasteiger charge is 2.40. The number of hydrogen-bond donors (Lipinski definition) is 2. The molecule has 0 amide bonds. The van der Waals surface area contributed by atoms with Gasteiger partial charge in [0.05, 0.1) is 11.7 Å². The third kappa shape index (κ3) is 4.17. The van der Waals surface area contributed by atoms with E-state index in [1.165, 1.54) is 38.5 Å². The normalized spacial score (nSPS) is 29.2.